The van der Waals surface area contributed by atoms with Gasteiger partial charge in [0.1, 0.15) is 7.05 Å². The predicted molar refractivity (Wildman–Crippen MR) is 107 cm³/mol. The molecule has 1 heterocycles. The largest absolute Gasteiger partial charge is 0.212 e. The number of aromatic nitrogens is 1. The molecule has 0 spiro atoms. The number of fused-ring (bicyclic) bond motifs is 1. The van der Waals surface area contributed by atoms with Crippen molar-refractivity contribution in [2.24, 2.45) is 18.9 Å². The smallest absolute Gasteiger partial charge is 0.200 e. The van der Waals surface area contributed by atoms with E-state index in [0.29, 0.717) is 0 Å². The molecular weight excluding hydrogens is 314 g/mol. The molecule has 1 aromatic heterocycles. The van der Waals surface area contributed by atoms with Gasteiger partial charge in [-0.2, -0.15) is 0 Å². The van der Waals surface area contributed by atoms with Crippen LogP contribution in [-0.2, 0) is 7.05 Å². The molecule has 3 aromatic rings. The Morgan fingerprint density at radius 1 is 0.846 bits per heavy atom. The monoisotopic (exact) mass is 340 g/mol. The first-order valence-electron chi connectivity index (χ1n) is 9.87. The summed E-state index contributed by atoms with van der Waals surface area (Å²) in [5, 5.41) is 0. The molecule has 2 unspecified atom stereocenters. The van der Waals surface area contributed by atoms with Crippen molar-refractivity contribution in [2.75, 3.05) is 0 Å². The summed E-state index contributed by atoms with van der Waals surface area (Å²) in [5.41, 5.74) is 8.10. The van der Waals surface area contributed by atoms with Gasteiger partial charge in [0.05, 0.1) is 0 Å². The van der Waals surface area contributed by atoms with E-state index in [-0.39, 0.29) is 0 Å². The second-order valence-electron chi connectivity index (χ2n) is 8.21. The SMILES string of the molecule is Cc1ccccc1-c1ccc(-c2cccc(C3C4CCC3C4)c2)c[n+]1C. The Morgan fingerprint density at radius 3 is 2.38 bits per heavy atom. The van der Waals surface area contributed by atoms with Crippen LogP contribution >= 0.6 is 0 Å². The molecule has 0 amide bonds. The van der Waals surface area contributed by atoms with Gasteiger partial charge in [-0.05, 0) is 72.8 Å². The van der Waals surface area contributed by atoms with Gasteiger partial charge in [-0.3, -0.25) is 0 Å². The van der Waals surface area contributed by atoms with Crippen molar-refractivity contribution in [1.29, 1.82) is 0 Å². The lowest BCUT2D eigenvalue weighted by Gasteiger charge is -2.36. The third kappa shape index (κ3) is 2.49. The van der Waals surface area contributed by atoms with Crippen molar-refractivity contribution < 1.29 is 4.57 Å². The molecular formula is C25H26N+. The summed E-state index contributed by atoms with van der Waals surface area (Å²) in [6.45, 7) is 2.18. The molecule has 0 aliphatic heterocycles. The fraction of sp³-hybridized carbons (Fsp3) is 0.320. The van der Waals surface area contributed by atoms with Crippen LogP contribution < -0.4 is 4.57 Å². The summed E-state index contributed by atoms with van der Waals surface area (Å²) in [5.74, 6) is 2.74. The van der Waals surface area contributed by atoms with E-state index in [2.05, 4.69) is 85.4 Å². The number of hydrogen-bond donors (Lipinski definition) is 0. The van der Waals surface area contributed by atoms with Gasteiger partial charge >= 0.3 is 0 Å². The van der Waals surface area contributed by atoms with Crippen molar-refractivity contribution in [1.82, 2.24) is 0 Å². The summed E-state index contributed by atoms with van der Waals surface area (Å²) < 4.78 is 2.26. The maximum absolute atomic E-state index is 2.44. The molecule has 2 atom stereocenters. The van der Waals surface area contributed by atoms with E-state index in [9.17, 15) is 0 Å². The number of rotatable bonds is 3. The average Bonchev–Trinajstić information content (AvgIpc) is 3.28. The quantitative estimate of drug-likeness (QED) is 0.541. The molecule has 2 aromatic carbocycles. The molecule has 3 aliphatic rings. The molecule has 1 heteroatoms. The second kappa shape index (κ2) is 6.09. The maximum atomic E-state index is 2.44. The van der Waals surface area contributed by atoms with Crippen LogP contribution in [0, 0.1) is 18.8 Å². The minimum atomic E-state index is 0.829. The van der Waals surface area contributed by atoms with Crippen molar-refractivity contribution in [3.63, 3.8) is 0 Å². The van der Waals surface area contributed by atoms with Crippen LogP contribution in [0.15, 0.2) is 66.9 Å². The van der Waals surface area contributed by atoms with E-state index in [0.717, 1.165) is 17.8 Å². The van der Waals surface area contributed by atoms with E-state index in [4.69, 9.17) is 0 Å². The van der Waals surface area contributed by atoms with E-state index < -0.39 is 0 Å². The van der Waals surface area contributed by atoms with Crippen molar-refractivity contribution >= 4 is 0 Å². The molecule has 1 nitrogen and oxygen atoms in total. The Balaban J connectivity index is 1.50. The zero-order valence-electron chi connectivity index (χ0n) is 15.7. The standard InChI is InChI=1S/C25H26N/c1-17-6-3-4-9-23(17)24-13-12-22(16-26(24)2)18-7-5-8-19(14-18)25-20-10-11-21(25)15-20/h3-9,12-14,16,20-21,25H,10-11,15H2,1-2H3/q+1. The van der Waals surface area contributed by atoms with Gasteiger partial charge in [0.15, 0.2) is 6.20 Å². The summed E-state index contributed by atoms with van der Waals surface area (Å²) in [7, 11) is 2.15. The molecule has 3 aliphatic carbocycles. The summed E-state index contributed by atoms with van der Waals surface area (Å²) >= 11 is 0. The Kier molecular flexibility index (Phi) is 3.70. The first-order chi connectivity index (χ1) is 12.7. The van der Waals surface area contributed by atoms with Gasteiger partial charge in [-0.15, -0.1) is 0 Å². The third-order valence-electron chi connectivity index (χ3n) is 6.69. The Labute approximate surface area is 156 Å². The lowest BCUT2D eigenvalue weighted by Crippen LogP contribution is -2.30. The summed E-state index contributed by atoms with van der Waals surface area (Å²) in [6.07, 6.45) is 6.63. The first-order valence-corrected chi connectivity index (χ1v) is 9.87. The van der Waals surface area contributed by atoms with E-state index in [1.165, 1.54) is 47.2 Å². The Bertz CT molecular complexity index is 957. The van der Waals surface area contributed by atoms with E-state index in [1.54, 1.807) is 5.56 Å². The average molecular weight is 340 g/mol. The molecule has 2 bridgehead atoms. The number of nitrogens with zero attached hydrogens (tertiary/aromatic N) is 1. The van der Waals surface area contributed by atoms with Crippen LogP contribution in [0.3, 0.4) is 0 Å². The lowest BCUT2D eigenvalue weighted by molar-refractivity contribution is -0.659. The fourth-order valence-electron chi connectivity index (χ4n) is 5.28. The number of benzene rings is 2. The molecule has 0 radical (unpaired) electrons. The van der Waals surface area contributed by atoms with Gasteiger partial charge in [-0.1, -0.05) is 42.5 Å². The molecule has 6 rings (SSSR count). The number of pyridine rings is 1. The minimum absolute atomic E-state index is 0.829. The van der Waals surface area contributed by atoms with Crippen LogP contribution in [0.2, 0.25) is 0 Å². The molecule has 3 saturated carbocycles. The number of aryl methyl sites for hydroxylation is 2. The van der Waals surface area contributed by atoms with Crippen LogP contribution in [0.25, 0.3) is 22.4 Å². The van der Waals surface area contributed by atoms with Crippen molar-refractivity contribution in [2.45, 2.75) is 32.1 Å². The summed E-state index contributed by atoms with van der Waals surface area (Å²) in [4.78, 5) is 0. The summed E-state index contributed by atoms with van der Waals surface area (Å²) in [6, 6.07) is 22.4. The first kappa shape index (κ1) is 15.8. The second-order valence-corrected chi connectivity index (χ2v) is 8.21. The minimum Gasteiger partial charge on any atom is -0.200 e. The maximum Gasteiger partial charge on any atom is 0.212 e. The fourth-order valence-corrected chi connectivity index (χ4v) is 5.28. The zero-order valence-corrected chi connectivity index (χ0v) is 15.7. The van der Waals surface area contributed by atoms with E-state index in [1.807, 2.05) is 0 Å². The molecule has 26 heavy (non-hydrogen) atoms. The van der Waals surface area contributed by atoms with Crippen LogP contribution in [0.1, 0.15) is 36.3 Å². The Morgan fingerprint density at radius 2 is 1.65 bits per heavy atom. The number of hydrogen-bond acceptors (Lipinski definition) is 0. The van der Waals surface area contributed by atoms with Gasteiger partial charge in [0.2, 0.25) is 5.69 Å². The van der Waals surface area contributed by atoms with E-state index >= 15 is 0 Å². The lowest BCUT2D eigenvalue weighted by atomic mass is 9.68. The van der Waals surface area contributed by atoms with Gasteiger partial charge in [0, 0.05) is 17.2 Å². The molecule has 0 N–H and O–H groups in total. The Hall–Kier alpha value is -2.41. The van der Waals surface area contributed by atoms with Crippen molar-refractivity contribution in [3.05, 3.63) is 78.0 Å². The highest BCUT2D eigenvalue weighted by Crippen LogP contribution is 2.58. The van der Waals surface area contributed by atoms with Gasteiger partial charge in [-0.25, -0.2) is 4.57 Å². The highest BCUT2D eigenvalue weighted by molar-refractivity contribution is 5.66. The van der Waals surface area contributed by atoms with Gasteiger partial charge in [0.25, 0.3) is 0 Å². The third-order valence-corrected chi connectivity index (χ3v) is 6.69. The zero-order chi connectivity index (χ0) is 17.7. The van der Waals surface area contributed by atoms with Gasteiger partial charge < -0.3 is 0 Å². The molecule has 3 fully saturated rings. The highest BCUT2D eigenvalue weighted by Gasteiger charge is 2.47. The molecule has 130 valence electrons. The topological polar surface area (TPSA) is 3.88 Å². The van der Waals surface area contributed by atoms with Crippen molar-refractivity contribution in [3.8, 4) is 22.4 Å². The van der Waals surface area contributed by atoms with Crippen LogP contribution in [-0.4, -0.2) is 0 Å². The van der Waals surface area contributed by atoms with Crippen LogP contribution in [0.4, 0.5) is 0 Å². The predicted octanol–water partition coefficient (Wildman–Crippen LogP) is 5.67. The highest BCUT2D eigenvalue weighted by atomic mass is 14.9. The normalized spacial score (nSPS) is 23.7. The van der Waals surface area contributed by atoms with Crippen LogP contribution in [0.5, 0.6) is 0 Å². The molecule has 0 saturated heterocycles.